The summed E-state index contributed by atoms with van der Waals surface area (Å²) in [5.74, 6) is 1.55. The molecule has 25 heavy (non-hydrogen) atoms. The van der Waals surface area contributed by atoms with E-state index in [1.807, 2.05) is 6.92 Å². The van der Waals surface area contributed by atoms with Crippen LogP contribution in [0.25, 0.3) is 0 Å². The van der Waals surface area contributed by atoms with E-state index in [1.165, 1.54) is 30.4 Å². The molecule has 1 aliphatic rings. The second-order valence-corrected chi connectivity index (χ2v) is 7.32. The molecule has 0 aromatic heterocycles. The summed E-state index contributed by atoms with van der Waals surface area (Å²) in [5.41, 5.74) is 6.03. The van der Waals surface area contributed by atoms with Crippen LogP contribution in [0.15, 0.2) is 42.8 Å². The molecular formula is C23H35NO. The molecule has 1 unspecified atom stereocenters. The Morgan fingerprint density at radius 2 is 2.04 bits per heavy atom. The van der Waals surface area contributed by atoms with Gasteiger partial charge in [-0.15, -0.1) is 0 Å². The van der Waals surface area contributed by atoms with Crippen molar-refractivity contribution in [2.75, 3.05) is 0 Å². The third-order valence-electron chi connectivity index (χ3n) is 4.79. The molecule has 1 aliphatic carbocycles. The highest BCUT2D eigenvalue weighted by Crippen LogP contribution is 2.37. The Bertz CT molecular complexity index is 598. The highest BCUT2D eigenvalue weighted by atomic mass is 16.1. The molecule has 0 heterocycles. The summed E-state index contributed by atoms with van der Waals surface area (Å²) in [7, 11) is 0. The van der Waals surface area contributed by atoms with Crippen LogP contribution in [0.1, 0.15) is 88.8 Å². The van der Waals surface area contributed by atoms with Crippen molar-refractivity contribution in [1.82, 2.24) is 5.32 Å². The number of fused-ring (bicyclic) bond motifs is 1. The molecule has 2 heteroatoms. The van der Waals surface area contributed by atoms with E-state index in [9.17, 15) is 4.79 Å². The Labute approximate surface area is 154 Å². The molecule has 0 saturated carbocycles. The van der Waals surface area contributed by atoms with Gasteiger partial charge in [0.15, 0.2) is 0 Å². The van der Waals surface area contributed by atoms with Gasteiger partial charge >= 0.3 is 0 Å². The molecule has 2 nitrogen and oxygen atoms in total. The smallest absolute Gasteiger partial charge is 0.129 e. The molecule has 1 N–H and O–H groups in total. The van der Waals surface area contributed by atoms with Crippen molar-refractivity contribution >= 4 is 5.78 Å². The highest BCUT2D eigenvalue weighted by Gasteiger charge is 2.21. The first-order chi connectivity index (χ1) is 11.9. The Balaban J connectivity index is 0.000000550. The number of aryl methyl sites for hydroxylation is 1. The highest BCUT2D eigenvalue weighted by molar-refractivity contribution is 5.74. The van der Waals surface area contributed by atoms with Gasteiger partial charge in [-0.1, -0.05) is 51.1 Å². The van der Waals surface area contributed by atoms with Crippen LogP contribution in [0.3, 0.4) is 0 Å². The summed E-state index contributed by atoms with van der Waals surface area (Å²) < 4.78 is 0. The van der Waals surface area contributed by atoms with Gasteiger partial charge in [0.2, 0.25) is 0 Å². The lowest BCUT2D eigenvalue weighted by Gasteiger charge is -2.27. The van der Waals surface area contributed by atoms with Crippen LogP contribution in [0.5, 0.6) is 0 Å². The zero-order valence-electron chi connectivity index (χ0n) is 16.7. The summed E-state index contributed by atoms with van der Waals surface area (Å²) >= 11 is 0. The Hall–Kier alpha value is -1.83. The van der Waals surface area contributed by atoms with Gasteiger partial charge in [0, 0.05) is 6.42 Å². The zero-order valence-corrected chi connectivity index (χ0v) is 16.7. The Morgan fingerprint density at radius 1 is 1.36 bits per heavy atom. The van der Waals surface area contributed by atoms with Gasteiger partial charge in [-0.25, -0.2) is 0 Å². The maximum absolute atomic E-state index is 9.81. The van der Waals surface area contributed by atoms with Crippen molar-refractivity contribution in [3.05, 3.63) is 59.4 Å². The Morgan fingerprint density at radius 3 is 2.60 bits per heavy atom. The average molecular weight is 342 g/mol. The lowest BCUT2D eigenvalue weighted by atomic mass is 9.78. The number of benzene rings is 1. The fourth-order valence-electron chi connectivity index (χ4n) is 3.14. The Kier molecular flexibility index (Phi) is 9.26. The fraction of sp³-hybridized carbons (Fsp3) is 0.522. The maximum atomic E-state index is 9.81. The predicted octanol–water partition coefficient (Wildman–Crippen LogP) is 6.24. The van der Waals surface area contributed by atoms with Gasteiger partial charge in [-0.2, -0.15) is 0 Å². The molecule has 0 aliphatic heterocycles. The lowest BCUT2D eigenvalue weighted by molar-refractivity contribution is -0.116. The van der Waals surface area contributed by atoms with Crippen molar-refractivity contribution < 1.29 is 4.79 Å². The molecule has 0 saturated heterocycles. The molecule has 1 atom stereocenters. The monoisotopic (exact) mass is 341 g/mol. The minimum atomic E-state index is 0.255. The van der Waals surface area contributed by atoms with E-state index in [2.05, 4.69) is 57.1 Å². The first-order valence-corrected chi connectivity index (χ1v) is 9.53. The maximum Gasteiger partial charge on any atom is 0.129 e. The van der Waals surface area contributed by atoms with Crippen LogP contribution in [-0.2, 0) is 11.2 Å². The standard InChI is InChI=1S/C19H27N.C4H8O/c1-5-20-13-15(4)11-18-8-6-7-16-9-10-17(14(2)3)12-19(16)18;1-3-4(2)5/h5,9-10,12-14,18,20H,1,6-8,11H2,2-4H3;3H2,1-2H3/b15-13+;. The summed E-state index contributed by atoms with van der Waals surface area (Å²) in [5, 5.41) is 3.09. The van der Waals surface area contributed by atoms with E-state index in [1.54, 1.807) is 24.3 Å². The number of carbonyl (C=O) groups excluding carboxylic acids is 1. The van der Waals surface area contributed by atoms with E-state index < -0.39 is 0 Å². The average Bonchev–Trinajstić information content (AvgIpc) is 2.60. The quantitative estimate of drug-likeness (QED) is 0.663. The van der Waals surface area contributed by atoms with Gasteiger partial charge in [-0.05, 0) is 80.5 Å². The third-order valence-corrected chi connectivity index (χ3v) is 4.79. The first-order valence-electron chi connectivity index (χ1n) is 9.53. The molecule has 0 radical (unpaired) electrons. The van der Waals surface area contributed by atoms with Gasteiger partial charge in [0.25, 0.3) is 0 Å². The van der Waals surface area contributed by atoms with Gasteiger partial charge in [0.1, 0.15) is 5.78 Å². The van der Waals surface area contributed by atoms with E-state index in [4.69, 9.17) is 0 Å². The topological polar surface area (TPSA) is 29.1 Å². The predicted molar refractivity (Wildman–Crippen MR) is 109 cm³/mol. The molecule has 0 fully saturated rings. The second-order valence-electron chi connectivity index (χ2n) is 7.32. The zero-order chi connectivity index (χ0) is 18.8. The molecular weight excluding hydrogens is 306 g/mol. The number of nitrogens with one attached hydrogen (secondary N) is 1. The van der Waals surface area contributed by atoms with E-state index in [0.717, 1.165) is 6.42 Å². The molecule has 1 aromatic carbocycles. The van der Waals surface area contributed by atoms with Crippen LogP contribution in [-0.4, -0.2) is 5.78 Å². The minimum Gasteiger partial charge on any atom is -0.368 e. The lowest BCUT2D eigenvalue weighted by Crippen LogP contribution is -2.11. The SMILES string of the molecule is C=CN/C=C(\C)CC1CCCc2ccc(C(C)C)cc21.CCC(C)=O. The van der Waals surface area contributed by atoms with Crippen molar-refractivity contribution in [2.24, 2.45) is 0 Å². The van der Waals surface area contributed by atoms with Crippen LogP contribution < -0.4 is 5.32 Å². The molecule has 138 valence electrons. The summed E-state index contributed by atoms with van der Waals surface area (Å²) in [6.07, 6.45) is 9.50. The number of hydrogen-bond donors (Lipinski definition) is 1. The minimum absolute atomic E-state index is 0.255. The van der Waals surface area contributed by atoms with E-state index in [-0.39, 0.29) is 5.78 Å². The van der Waals surface area contributed by atoms with Crippen LogP contribution in [0.2, 0.25) is 0 Å². The second kappa shape index (κ2) is 10.9. The molecule has 1 aromatic rings. The number of hydrogen-bond acceptors (Lipinski definition) is 2. The number of Topliss-reactive ketones (excluding diaryl/α,β-unsaturated/α-hetero) is 1. The van der Waals surface area contributed by atoms with Crippen LogP contribution in [0, 0.1) is 0 Å². The normalized spacial score (nSPS) is 16.6. The van der Waals surface area contributed by atoms with E-state index in [0.29, 0.717) is 18.3 Å². The molecule has 0 amide bonds. The number of allylic oxidation sites excluding steroid dienone is 1. The summed E-state index contributed by atoms with van der Waals surface area (Å²) in [4.78, 5) is 9.81. The van der Waals surface area contributed by atoms with Gasteiger partial charge in [-0.3, -0.25) is 0 Å². The van der Waals surface area contributed by atoms with Crippen molar-refractivity contribution in [2.45, 2.75) is 78.6 Å². The number of ketones is 1. The largest absolute Gasteiger partial charge is 0.368 e. The summed E-state index contributed by atoms with van der Waals surface area (Å²) in [6.45, 7) is 13.9. The van der Waals surface area contributed by atoms with Crippen molar-refractivity contribution in [3.8, 4) is 0 Å². The fourth-order valence-corrected chi connectivity index (χ4v) is 3.14. The third kappa shape index (κ3) is 7.29. The first kappa shape index (κ1) is 21.2. The van der Waals surface area contributed by atoms with Gasteiger partial charge in [0.05, 0.1) is 0 Å². The summed E-state index contributed by atoms with van der Waals surface area (Å²) in [6, 6.07) is 7.13. The van der Waals surface area contributed by atoms with Gasteiger partial charge < -0.3 is 10.1 Å². The van der Waals surface area contributed by atoms with Crippen LogP contribution in [0.4, 0.5) is 0 Å². The molecule has 0 spiro atoms. The van der Waals surface area contributed by atoms with E-state index >= 15 is 0 Å². The number of rotatable bonds is 6. The molecule has 2 rings (SSSR count). The van der Waals surface area contributed by atoms with Crippen molar-refractivity contribution in [1.29, 1.82) is 0 Å². The van der Waals surface area contributed by atoms with Crippen molar-refractivity contribution in [3.63, 3.8) is 0 Å². The molecule has 0 bridgehead atoms. The van der Waals surface area contributed by atoms with Crippen LogP contribution >= 0.6 is 0 Å². The number of carbonyl (C=O) groups is 1.